The average Bonchev–Trinajstić information content (AvgIpc) is 2.62. The van der Waals surface area contributed by atoms with E-state index in [2.05, 4.69) is 5.32 Å². The number of hydrogen-bond acceptors (Lipinski definition) is 5. The number of amides is 1. The van der Waals surface area contributed by atoms with Gasteiger partial charge in [0.2, 0.25) is 5.91 Å². The molecule has 0 saturated heterocycles. The van der Waals surface area contributed by atoms with Crippen LogP contribution in [0.15, 0.2) is 42.5 Å². The van der Waals surface area contributed by atoms with Crippen molar-refractivity contribution < 1.29 is 19.0 Å². The first-order valence-electron chi connectivity index (χ1n) is 7.39. The Balaban J connectivity index is 1.84. The van der Waals surface area contributed by atoms with Crippen LogP contribution in [0.2, 0.25) is 0 Å². The van der Waals surface area contributed by atoms with Gasteiger partial charge in [0.25, 0.3) is 0 Å². The Morgan fingerprint density at radius 3 is 2.25 bits per heavy atom. The first kappa shape index (κ1) is 18.0. The molecule has 24 heavy (non-hydrogen) atoms. The summed E-state index contributed by atoms with van der Waals surface area (Å²) in [5, 5.41) is 2.86. The lowest BCUT2D eigenvalue weighted by atomic mass is 10.2. The number of benzene rings is 2. The number of ether oxygens (including phenoxy) is 3. The molecule has 0 unspecified atom stereocenters. The van der Waals surface area contributed by atoms with Crippen LogP contribution in [-0.4, -0.2) is 33.0 Å². The second-order valence-corrected chi connectivity index (χ2v) is 5.94. The maximum absolute atomic E-state index is 12.1. The molecule has 0 heterocycles. The number of nitrogens with one attached hydrogen (secondary N) is 1. The van der Waals surface area contributed by atoms with Crippen LogP contribution >= 0.6 is 11.8 Å². The highest BCUT2D eigenvalue weighted by atomic mass is 32.2. The van der Waals surface area contributed by atoms with Crippen molar-refractivity contribution in [3.8, 4) is 17.2 Å². The van der Waals surface area contributed by atoms with E-state index >= 15 is 0 Å². The standard InChI is InChI=1S/C18H21NO4S/c1-21-14-6-4-13(5-7-14)11-24-12-18(20)19-16-9-8-15(22-2)10-17(16)23-3/h4-10H,11-12H2,1-3H3,(H,19,20). The van der Waals surface area contributed by atoms with Crippen LogP contribution in [0.1, 0.15) is 5.56 Å². The minimum Gasteiger partial charge on any atom is -0.497 e. The van der Waals surface area contributed by atoms with Gasteiger partial charge in [0, 0.05) is 11.8 Å². The molecule has 0 aliphatic heterocycles. The fourth-order valence-electron chi connectivity index (χ4n) is 2.07. The Kier molecular flexibility index (Phi) is 6.81. The van der Waals surface area contributed by atoms with Gasteiger partial charge in [0.05, 0.1) is 32.8 Å². The molecule has 0 aromatic heterocycles. The third-order valence-corrected chi connectivity index (χ3v) is 4.35. The smallest absolute Gasteiger partial charge is 0.234 e. The predicted molar refractivity (Wildman–Crippen MR) is 97.3 cm³/mol. The van der Waals surface area contributed by atoms with Crippen LogP contribution in [0.4, 0.5) is 5.69 Å². The fourth-order valence-corrected chi connectivity index (χ4v) is 2.86. The quantitative estimate of drug-likeness (QED) is 0.791. The van der Waals surface area contributed by atoms with Gasteiger partial charge in [-0.15, -0.1) is 11.8 Å². The fraction of sp³-hybridized carbons (Fsp3) is 0.278. The van der Waals surface area contributed by atoms with Crippen molar-refractivity contribution in [2.45, 2.75) is 5.75 Å². The predicted octanol–water partition coefficient (Wildman–Crippen LogP) is 3.58. The molecule has 1 amide bonds. The summed E-state index contributed by atoms with van der Waals surface area (Å²) in [6.45, 7) is 0. The van der Waals surface area contributed by atoms with Gasteiger partial charge in [0.15, 0.2) is 0 Å². The van der Waals surface area contributed by atoms with Crippen molar-refractivity contribution in [2.24, 2.45) is 0 Å². The minimum atomic E-state index is -0.0722. The topological polar surface area (TPSA) is 56.8 Å². The molecule has 0 aliphatic carbocycles. The van der Waals surface area contributed by atoms with Crippen molar-refractivity contribution in [2.75, 3.05) is 32.4 Å². The lowest BCUT2D eigenvalue weighted by molar-refractivity contribution is -0.113. The first-order valence-corrected chi connectivity index (χ1v) is 8.54. The Bertz CT molecular complexity index is 673. The molecule has 2 aromatic carbocycles. The van der Waals surface area contributed by atoms with E-state index in [4.69, 9.17) is 14.2 Å². The number of anilines is 1. The molecule has 128 valence electrons. The highest BCUT2D eigenvalue weighted by molar-refractivity contribution is 7.99. The summed E-state index contributed by atoms with van der Waals surface area (Å²) in [4.78, 5) is 12.1. The van der Waals surface area contributed by atoms with E-state index in [1.807, 2.05) is 24.3 Å². The summed E-state index contributed by atoms with van der Waals surface area (Å²) in [6, 6.07) is 13.1. The van der Waals surface area contributed by atoms with Crippen molar-refractivity contribution >= 4 is 23.4 Å². The van der Waals surface area contributed by atoms with Crippen molar-refractivity contribution in [3.05, 3.63) is 48.0 Å². The van der Waals surface area contributed by atoms with E-state index in [0.29, 0.717) is 22.9 Å². The first-order chi connectivity index (χ1) is 11.7. The summed E-state index contributed by atoms with van der Waals surface area (Å²) in [5.74, 6) is 3.13. The van der Waals surface area contributed by atoms with Crippen LogP contribution in [-0.2, 0) is 10.5 Å². The van der Waals surface area contributed by atoms with Gasteiger partial charge >= 0.3 is 0 Å². The Morgan fingerprint density at radius 2 is 1.62 bits per heavy atom. The highest BCUT2D eigenvalue weighted by Crippen LogP contribution is 2.29. The van der Waals surface area contributed by atoms with E-state index < -0.39 is 0 Å². The molecule has 2 aromatic rings. The molecule has 0 spiro atoms. The van der Waals surface area contributed by atoms with Gasteiger partial charge < -0.3 is 19.5 Å². The molecule has 5 nitrogen and oxygen atoms in total. The van der Waals surface area contributed by atoms with Crippen LogP contribution in [0.25, 0.3) is 0 Å². The minimum absolute atomic E-state index is 0.0722. The van der Waals surface area contributed by atoms with Crippen molar-refractivity contribution in [3.63, 3.8) is 0 Å². The molecular weight excluding hydrogens is 326 g/mol. The number of hydrogen-bond donors (Lipinski definition) is 1. The maximum Gasteiger partial charge on any atom is 0.234 e. The van der Waals surface area contributed by atoms with E-state index in [-0.39, 0.29) is 5.91 Å². The van der Waals surface area contributed by atoms with Crippen LogP contribution in [0.3, 0.4) is 0 Å². The van der Waals surface area contributed by atoms with Crippen LogP contribution < -0.4 is 19.5 Å². The monoisotopic (exact) mass is 347 g/mol. The number of carbonyl (C=O) groups excluding carboxylic acids is 1. The van der Waals surface area contributed by atoms with E-state index in [1.54, 1.807) is 51.3 Å². The van der Waals surface area contributed by atoms with Gasteiger partial charge in [-0.3, -0.25) is 4.79 Å². The van der Waals surface area contributed by atoms with E-state index in [9.17, 15) is 4.79 Å². The lowest BCUT2D eigenvalue weighted by Crippen LogP contribution is -2.14. The van der Waals surface area contributed by atoms with Gasteiger partial charge in [-0.2, -0.15) is 0 Å². The SMILES string of the molecule is COc1ccc(CSCC(=O)Nc2ccc(OC)cc2OC)cc1. The largest absolute Gasteiger partial charge is 0.497 e. The number of rotatable bonds is 8. The zero-order chi connectivity index (χ0) is 17.4. The zero-order valence-electron chi connectivity index (χ0n) is 14.0. The Hall–Kier alpha value is -2.34. The van der Waals surface area contributed by atoms with Crippen molar-refractivity contribution in [1.29, 1.82) is 0 Å². The molecule has 0 aliphatic rings. The molecule has 1 N–H and O–H groups in total. The third-order valence-electron chi connectivity index (χ3n) is 3.34. The molecule has 0 saturated carbocycles. The lowest BCUT2D eigenvalue weighted by Gasteiger charge is -2.11. The molecule has 0 radical (unpaired) electrons. The molecule has 0 bridgehead atoms. The second kappa shape index (κ2) is 9.08. The molecular formula is C18H21NO4S. The van der Waals surface area contributed by atoms with Gasteiger partial charge in [-0.25, -0.2) is 0 Å². The molecule has 0 atom stereocenters. The summed E-state index contributed by atoms with van der Waals surface area (Å²) < 4.78 is 15.5. The number of methoxy groups -OCH3 is 3. The number of carbonyl (C=O) groups is 1. The Labute approximate surface area is 146 Å². The average molecular weight is 347 g/mol. The number of thioether (sulfide) groups is 1. The summed E-state index contributed by atoms with van der Waals surface area (Å²) in [5.41, 5.74) is 1.78. The summed E-state index contributed by atoms with van der Waals surface area (Å²) >= 11 is 1.55. The summed E-state index contributed by atoms with van der Waals surface area (Å²) in [7, 11) is 4.78. The Morgan fingerprint density at radius 1 is 0.958 bits per heavy atom. The molecule has 6 heteroatoms. The van der Waals surface area contributed by atoms with Gasteiger partial charge in [-0.1, -0.05) is 12.1 Å². The second-order valence-electron chi connectivity index (χ2n) is 4.96. The normalized spacial score (nSPS) is 10.1. The van der Waals surface area contributed by atoms with Crippen molar-refractivity contribution in [1.82, 2.24) is 0 Å². The van der Waals surface area contributed by atoms with Gasteiger partial charge in [-0.05, 0) is 29.8 Å². The maximum atomic E-state index is 12.1. The summed E-state index contributed by atoms with van der Waals surface area (Å²) in [6.07, 6.45) is 0. The molecule has 2 rings (SSSR count). The van der Waals surface area contributed by atoms with Crippen LogP contribution in [0, 0.1) is 0 Å². The van der Waals surface area contributed by atoms with Crippen LogP contribution in [0.5, 0.6) is 17.2 Å². The molecule has 0 fully saturated rings. The van der Waals surface area contributed by atoms with Gasteiger partial charge in [0.1, 0.15) is 17.2 Å². The zero-order valence-corrected chi connectivity index (χ0v) is 14.8. The highest BCUT2D eigenvalue weighted by Gasteiger charge is 2.09. The van der Waals surface area contributed by atoms with E-state index in [0.717, 1.165) is 17.1 Å². The third kappa shape index (κ3) is 5.09. The van der Waals surface area contributed by atoms with E-state index in [1.165, 1.54) is 0 Å².